The van der Waals surface area contributed by atoms with Gasteiger partial charge in [-0.3, -0.25) is 5.41 Å². The van der Waals surface area contributed by atoms with E-state index in [1.54, 1.807) is 18.2 Å². The predicted octanol–water partition coefficient (Wildman–Crippen LogP) is 5.48. The molecule has 0 saturated carbocycles. The molecule has 3 nitrogen and oxygen atoms in total. The molecule has 3 N–H and O–H groups in total. The van der Waals surface area contributed by atoms with E-state index in [1.807, 2.05) is 18.2 Å². The van der Waals surface area contributed by atoms with Gasteiger partial charge in [0.05, 0.1) is 0 Å². The Kier molecular flexibility index (Phi) is 4.46. The van der Waals surface area contributed by atoms with Crippen molar-refractivity contribution in [2.45, 2.75) is 32.6 Å². The Hall–Kier alpha value is -3.08. The Balaban J connectivity index is 2.05. The zero-order chi connectivity index (χ0) is 20.0. The van der Waals surface area contributed by atoms with E-state index < -0.39 is 6.43 Å². The third-order valence-corrected chi connectivity index (χ3v) is 5.18. The van der Waals surface area contributed by atoms with Crippen molar-refractivity contribution in [3.63, 3.8) is 0 Å². The molecule has 0 fully saturated rings. The van der Waals surface area contributed by atoms with Crippen LogP contribution in [0.5, 0.6) is 0 Å². The van der Waals surface area contributed by atoms with Gasteiger partial charge in [0.1, 0.15) is 5.84 Å². The standard InChI is InChI=1S/C23H21F2N3/c1-12(2)14-6-7-15-11-18-21(23(27)28-22(18)26)20(17(15)10-14)16-5-3-4-13(8-16)9-19(24)25/h3-8,10-12,19H,9H2,1-2H3,(H3,26,27,28). The van der Waals surface area contributed by atoms with Gasteiger partial charge in [0, 0.05) is 23.1 Å². The highest BCUT2D eigenvalue weighted by Crippen LogP contribution is 2.38. The Bertz CT molecular complexity index is 1130. The third kappa shape index (κ3) is 3.07. The van der Waals surface area contributed by atoms with E-state index in [0.717, 1.165) is 21.9 Å². The number of hydrogen-bond donors (Lipinski definition) is 2. The SMILES string of the molecule is CC(C)c1ccc2cc3c(c(-c4cccc(CC(F)F)c4)c2c1)C(N)=NC3=N. The van der Waals surface area contributed by atoms with E-state index in [9.17, 15) is 8.78 Å². The van der Waals surface area contributed by atoms with Crippen molar-refractivity contribution in [2.75, 3.05) is 0 Å². The number of alkyl halides is 2. The Morgan fingerprint density at radius 2 is 1.82 bits per heavy atom. The fourth-order valence-electron chi connectivity index (χ4n) is 3.79. The molecule has 3 aromatic rings. The number of hydrogen-bond acceptors (Lipinski definition) is 2. The van der Waals surface area contributed by atoms with E-state index in [2.05, 4.69) is 31.0 Å². The normalized spacial score (nSPS) is 13.5. The maximum atomic E-state index is 12.9. The summed E-state index contributed by atoms with van der Waals surface area (Å²) in [6.07, 6.45) is -2.70. The summed E-state index contributed by atoms with van der Waals surface area (Å²) < 4.78 is 25.8. The van der Waals surface area contributed by atoms with Gasteiger partial charge in [-0.05, 0) is 39.4 Å². The molecule has 1 aliphatic heterocycles. The van der Waals surface area contributed by atoms with Gasteiger partial charge in [-0.2, -0.15) is 0 Å². The molecule has 0 bridgehead atoms. The molecule has 0 amide bonds. The summed E-state index contributed by atoms with van der Waals surface area (Å²) in [7, 11) is 0. The molecular formula is C23H21F2N3. The second-order valence-electron chi connectivity index (χ2n) is 7.45. The highest BCUT2D eigenvalue weighted by atomic mass is 19.3. The Labute approximate surface area is 162 Å². The second kappa shape index (κ2) is 6.82. The molecule has 1 heterocycles. The lowest BCUT2D eigenvalue weighted by Gasteiger charge is -2.16. The van der Waals surface area contributed by atoms with Crippen molar-refractivity contribution < 1.29 is 8.78 Å². The van der Waals surface area contributed by atoms with Crippen LogP contribution in [0.2, 0.25) is 0 Å². The van der Waals surface area contributed by atoms with Crippen LogP contribution in [0.1, 0.15) is 42.0 Å². The van der Waals surface area contributed by atoms with Gasteiger partial charge >= 0.3 is 0 Å². The topological polar surface area (TPSA) is 62.2 Å². The van der Waals surface area contributed by atoms with Crippen molar-refractivity contribution in [3.05, 3.63) is 70.8 Å². The highest BCUT2D eigenvalue weighted by Gasteiger charge is 2.25. The van der Waals surface area contributed by atoms with E-state index in [1.165, 1.54) is 5.56 Å². The Morgan fingerprint density at radius 1 is 1.04 bits per heavy atom. The first-order valence-corrected chi connectivity index (χ1v) is 9.26. The summed E-state index contributed by atoms with van der Waals surface area (Å²) in [5.41, 5.74) is 11.0. The van der Waals surface area contributed by atoms with Crippen LogP contribution in [0.25, 0.3) is 21.9 Å². The number of nitrogens with two attached hydrogens (primary N) is 1. The maximum absolute atomic E-state index is 12.9. The lowest BCUT2D eigenvalue weighted by Crippen LogP contribution is -2.12. The van der Waals surface area contributed by atoms with Crippen LogP contribution in [-0.4, -0.2) is 18.1 Å². The number of nitrogens with zero attached hydrogens (tertiary/aromatic N) is 1. The summed E-state index contributed by atoms with van der Waals surface area (Å²) in [5.74, 6) is 0.776. The minimum absolute atomic E-state index is 0.132. The molecule has 0 spiro atoms. The molecule has 4 rings (SSSR count). The van der Waals surface area contributed by atoms with Crippen molar-refractivity contribution in [1.29, 1.82) is 5.41 Å². The summed E-state index contributed by atoms with van der Waals surface area (Å²) >= 11 is 0. The monoisotopic (exact) mass is 377 g/mol. The molecule has 0 aromatic heterocycles. The van der Waals surface area contributed by atoms with Gasteiger partial charge < -0.3 is 5.73 Å². The quantitative estimate of drug-likeness (QED) is 0.621. The molecule has 0 saturated heterocycles. The van der Waals surface area contributed by atoms with Crippen molar-refractivity contribution in [2.24, 2.45) is 10.7 Å². The molecule has 0 aliphatic carbocycles. The summed E-state index contributed by atoms with van der Waals surface area (Å²) in [6.45, 7) is 4.26. The van der Waals surface area contributed by atoms with Crippen LogP contribution in [0, 0.1) is 5.41 Å². The number of amidine groups is 2. The number of aliphatic imine (C=N–C) groups is 1. The molecule has 1 aliphatic rings. The van der Waals surface area contributed by atoms with E-state index >= 15 is 0 Å². The average Bonchev–Trinajstić information content (AvgIpc) is 2.92. The minimum Gasteiger partial charge on any atom is -0.383 e. The molecule has 28 heavy (non-hydrogen) atoms. The molecule has 0 unspecified atom stereocenters. The number of halogens is 2. The Morgan fingerprint density at radius 3 is 2.54 bits per heavy atom. The smallest absolute Gasteiger partial charge is 0.242 e. The van der Waals surface area contributed by atoms with Crippen LogP contribution in [0.3, 0.4) is 0 Å². The lowest BCUT2D eigenvalue weighted by atomic mass is 9.87. The lowest BCUT2D eigenvalue weighted by molar-refractivity contribution is 0.149. The number of benzene rings is 3. The summed E-state index contributed by atoms with van der Waals surface area (Å²) in [5, 5.41) is 10.1. The fraction of sp³-hybridized carbons (Fsp3) is 0.217. The number of rotatable bonds is 4. The number of fused-ring (bicyclic) bond motifs is 2. The molecule has 0 radical (unpaired) electrons. The van der Waals surface area contributed by atoms with E-state index in [4.69, 9.17) is 11.1 Å². The van der Waals surface area contributed by atoms with Crippen LogP contribution in [0.4, 0.5) is 8.78 Å². The van der Waals surface area contributed by atoms with Crippen LogP contribution >= 0.6 is 0 Å². The zero-order valence-corrected chi connectivity index (χ0v) is 15.8. The molecule has 0 atom stereocenters. The third-order valence-electron chi connectivity index (χ3n) is 5.18. The van der Waals surface area contributed by atoms with Gasteiger partial charge in [0.25, 0.3) is 0 Å². The molecule has 3 aromatic carbocycles. The minimum atomic E-state index is -2.40. The van der Waals surface area contributed by atoms with Crippen molar-refractivity contribution >= 4 is 22.4 Å². The average molecular weight is 377 g/mol. The zero-order valence-electron chi connectivity index (χ0n) is 15.8. The van der Waals surface area contributed by atoms with Crippen LogP contribution in [-0.2, 0) is 6.42 Å². The molecular weight excluding hydrogens is 356 g/mol. The van der Waals surface area contributed by atoms with Gasteiger partial charge in [-0.1, -0.05) is 56.3 Å². The predicted molar refractivity (Wildman–Crippen MR) is 111 cm³/mol. The maximum Gasteiger partial charge on any atom is 0.242 e. The largest absolute Gasteiger partial charge is 0.383 e. The number of nitrogens with one attached hydrogen (secondary N) is 1. The van der Waals surface area contributed by atoms with Crippen molar-refractivity contribution in [1.82, 2.24) is 0 Å². The fourth-order valence-corrected chi connectivity index (χ4v) is 3.79. The van der Waals surface area contributed by atoms with Crippen molar-refractivity contribution in [3.8, 4) is 11.1 Å². The highest BCUT2D eigenvalue weighted by molar-refractivity contribution is 6.27. The van der Waals surface area contributed by atoms with Crippen LogP contribution < -0.4 is 5.73 Å². The van der Waals surface area contributed by atoms with Gasteiger partial charge in [-0.15, -0.1) is 0 Å². The van der Waals surface area contributed by atoms with Gasteiger partial charge in [0.2, 0.25) is 6.43 Å². The van der Waals surface area contributed by atoms with Crippen LogP contribution in [0.15, 0.2) is 53.5 Å². The first-order valence-electron chi connectivity index (χ1n) is 9.26. The van der Waals surface area contributed by atoms with E-state index in [-0.39, 0.29) is 12.3 Å². The first kappa shape index (κ1) is 18.3. The molecule has 5 heteroatoms. The van der Waals surface area contributed by atoms with Gasteiger partial charge in [-0.25, -0.2) is 13.8 Å². The van der Waals surface area contributed by atoms with Gasteiger partial charge in [0.15, 0.2) is 5.84 Å². The summed E-state index contributed by atoms with van der Waals surface area (Å²) in [6, 6.07) is 15.4. The van der Waals surface area contributed by atoms with E-state index in [0.29, 0.717) is 28.4 Å². The first-order chi connectivity index (χ1) is 13.3. The summed E-state index contributed by atoms with van der Waals surface area (Å²) in [4.78, 5) is 4.15. The second-order valence-corrected chi connectivity index (χ2v) is 7.45. The molecule has 142 valence electrons.